The van der Waals surface area contributed by atoms with Crippen LogP contribution in [0, 0.1) is 17.6 Å². The van der Waals surface area contributed by atoms with Crippen LogP contribution in [0.5, 0.6) is 5.75 Å². The second-order valence-electron chi connectivity index (χ2n) is 9.62. The summed E-state index contributed by atoms with van der Waals surface area (Å²) in [7, 11) is 2.70. The van der Waals surface area contributed by atoms with E-state index in [9.17, 15) is 28.0 Å². The number of nitrogens with zero attached hydrogens (tertiary/aromatic N) is 3. The number of carbonyl (C=O) groups excluding carboxylic acids is 3. The van der Waals surface area contributed by atoms with Crippen LogP contribution in [-0.2, 0) is 16.6 Å². The van der Waals surface area contributed by atoms with Crippen LogP contribution in [0.4, 0.5) is 14.5 Å². The number of carboxylic acid groups (broad SMARTS) is 1. The van der Waals surface area contributed by atoms with Gasteiger partial charge in [-0.05, 0) is 43.2 Å². The minimum Gasteiger partial charge on any atom is -0.494 e. The predicted molar refractivity (Wildman–Crippen MR) is 148 cm³/mol. The number of rotatable bonds is 9. The fourth-order valence-electron chi connectivity index (χ4n) is 4.66. The Kier molecular flexibility index (Phi) is 9.41. The second kappa shape index (κ2) is 13.0. The average Bonchev–Trinajstić information content (AvgIpc) is 3.35. The first-order chi connectivity index (χ1) is 20.0. The van der Waals surface area contributed by atoms with E-state index in [-0.39, 0.29) is 69.8 Å². The first-order valence-corrected chi connectivity index (χ1v) is 13.3. The van der Waals surface area contributed by atoms with Gasteiger partial charge in [0.25, 0.3) is 11.8 Å². The van der Waals surface area contributed by atoms with Crippen LogP contribution in [0.15, 0.2) is 36.5 Å². The van der Waals surface area contributed by atoms with Crippen molar-refractivity contribution in [1.82, 2.24) is 19.8 Å². The number of likely N-dealkylation sites (tertiary alicyclic amines) is 1. The molecular weight excluding hydrogens is 576 g/mol. The van der Waals surface area contributed by atoms with E-state index >= 15 is 0 Å². The lowest BCUT2D eigenvalue weighted by Crippen LogP contribution is -2.43. The molecule has 4 rings (SSSR count). The molecule has 2 heterocycles. The molecule has 3 amide bonds. The summed E-state index contributed by atoms with van der Waals surface area (Å²) < 4.78 is 34.9. The van der Waals surface area contributed by atoms with Crippen molar-refractivity contribution in [3.63, 3.8) is 0 Å². The lowest BCUT2D eigenvalue weighted by atomic mass is 9.95. The number of benzene rings is 2. The molecule has 3 aromatic rings. The van der Waals surface area contributed by atoms with Crippen LogP contribution in [-0.4, -0.2) is 70.0 Å². The number of nitrogens with one attached hydrogen (secondary N) is 2. The van der Waals surface area contributed by atoms with Crippen molar-refractivity contribution in [2.24, 2.45) is 13.0 Å². The quantitative estimate of drug-likeness (QED) is 0.338. The number of hydrogen-bond donors (Lipinski definition) is 3. The highest BCUT2D eigenvalue weighted by atomic mass is 35.5. The lowest BCUT2D eigenvalue weighted by molar-refractivity contribution is -0.137. The van der Waals surface area contributed by atoms with Gasteiger partial charge < -0.3 is 29.9 Å². The van der Waals surface area contributed by atoms with Crippen LogP contribution < -0.4 is 15.4 Å². The number of imidazole rings is 1. The third-order valence-electron chi connectivity index (χ3n) is 6.98. The third kappa shape index (κ3) is 6.51. The Bertz CT molecular complexity index is 1540. The zero-order valence-corrected chi connectivity index (χ0v) is 23.5. The van der Waals surface area contributed by atoms with Gasteiger partial charge in [-0.25, -0.2) is 9.37 Å². The third-order valence-corrected chi connectivity index (χ3v) is 7.30. The number of carbonyl (C=O) groups is 4. The lowest BCUT2D eigenvalue weighted by Gasteiger charge is -2.31. The van der Waals surface area contributed by atoms with Gasteiger partial charge in [0.1, 0.15) is 0 Å². The van der Waals surface area contributed by atoms with Gasteiger partial charge in [-0.1, -0.05) is 11.6 Å². The highest BCUT2D eigenvalue weighted by Gasteiger charge is 2.29. The van der Waals surface area contributed by atoms with E-state index in [0.29, 0.717) is 25.9 Å². The minimum absolute atomic E-state index is 0.0499. The van der Waals surface area contributed by atoms with E-state index in [1.165, 1.54) is 55.3 Å². The summed E-state index contributed by atoms with van der Waals surface area (Å²) in [5.41, 5.74) is 0.565. The fourth-order valence-corrected chi connectivity index (χ4v) is 4.92. The van der Waals surface area contributed by atoms with E-state index in [4.69, 9.17) is 21.4 Å². The largest absolute Gasteiger partial charge is 0.494 e. The second-order valence-corrected chi connectivity index (χ2v) is 10.0. The molecule has 222 valence electrons. The Morgan fingerprint density at radius 1 is 1.12 bits per heavy atom. The normalized spacial score (nSPS) is 13.5. The number of piperidine rings is 1. The molecule has 1 aliphatic heterocycles. The molecule has 1 aromatic heterocycles. The Morgan fingerprint density at radius 2 is 1.83 bits per heavy atom. The smallest absolute Gasteiger partial charge is 0.305 e. The van der Waals surface area contributed by atoms with Gasteiger partial charge in [0.15, 0.2) is 17.4 Å². The zero-order valence-electron chi connectivity index (χ0n) is 22.7. The Labute approximate surface area is 244 Å². The fraction of sp³-hybridized carbons (Fsp3) is 0.321. The van der Waals surface area contributed by atoms with Crippen molar-refractivity contribution in [3.8, 4) is 17.0 Å². The van der Waals surface area contributed by atoms with E-state index in [1.807, 2.05) is 0 Å². The number of halogens is 3. The van der Waals surface area contributed by atoms with Crippen molar-refractivity contribution in [1.29, 1.82) is 0 Å². The molecule has 11 nitrogen and oxygen atoms in total. The van der Waals surface area contributed by atoms with Crippen LogP contribution in [0.3, 0.4) is 0 Å². The number of hydrogen-bond acceptors (Lipinski definition) is 6. The van der Waals surface area contributed by atoms with Crippen LogP contribution in [0.25, 0.3) is 11.3 Å². The van der Waals surface area contributed by atoms with Gasteiger partial charge in [-0.3, -0.25) is 19.2 Å². The number of aliphatic carboxylic acids is 1. The number of anilines is 1. The molecule has 1 saturated heterocycles. The van der Waals surface area contributed by atoms with Gasteiger partial charge >= 0.3 is 5.97 Å². The van der Waals surface area contributed by atoms with Crippen LogP contribution in [0.2, 0.25) is 5.02 Å². The van der Waals surface area contributed by atoms with Crippen molar-refractivity contribution in [2.75, 3.05) is 32.1 Å². The summed E-state index contributed by atoms with van der Waals surface area (Å²) in [6.07, 6.45) is 1.94. The van der Waals surface area contributed by atoms with Gasteiger partial charge in [0, 0.05) is 43.9 Å². The SMILES string of the molecule is COc1ccc(-c2cnc(C(=O)Nc3ccc(C(=O)N4CCC(C(=O)NCCC(=O)O)CC4)c(Cl)c3)n2C)c(F)c1F. The van der Waals surface area contributed by atoms with Gasteiger partial charge in [0.05, 0.1) is 36.0 Å². The first kappa shape index (κ1) is 30.4. The van der Waals surface area contributed by atoms with Crippen LogP contribution >= 0.6 is 11.6 Å². The maximum atomic E-state index is 14.6. The summed E-state index contributed by atoms with van der Waals surface area (Å²) >= 11 is 6.39. The molecule has 0 spiro atoms. The van der Waals surface area contributed by atoms with Crippen molar-refractivity contribution in [2.45, 2.75) is 19.3 Å². The Hall–Kier alpha value is -4.52. The summed E-state index contributed by atoms with van der Waals surface area (Å²) in [4.78, 5) is 54.5. The number of carboxylic acids is 1. The van der Waals surface area contributed by atoms with Gasteiger partial charge in [-0.15, -0.1) is 0 Å². The molecule has 0 radical (unpaired) electrons. The van der Waals surface area contributed by atoms with Gasteiger partial charge in [0.2, 0.25) is 11.7 Å². The van der Waals surface area contributed by atoms with E-state index in [1.54, 1.807) is 4.90 Å². The molecule has 42 heavy (non-hydrogen) atoms. The molecule has 0 bridgehead atoms. The number of ether oxygens (including phenoxy) is 1. The Balaban J connectivity index is 1.38. The van der Waals surface area contributed by atoms with Crippen molar-refractivity contribution in [3.05, 3.63) is 64.6 Å². The highest BCUT2D eigenvalue weighted by Crippen LogP contribution is 2.30. The molecule has 1 aliphatic rings. The molecule has 3 N–H and O–H groups in total. The molecule has 1 fully saturated rings. The molecule has 0 atom stereocenters. The molecule has 14 heteroatoms. The predicted octanol–water partition coefficient (Wildman–Crippen LogP) is 3.72. The molecule has 0 unspecified atom stereocenters. The zero-order chi connectivity index (χ0) is 30.6. The van der Waals surface area contributed by atoms with E-state index in [0.717, 1.165) is 0 Å². The molecular formula is C28H28ClF2N5O6. The van der Waals surface area contributed by atoms with E-state index < -0.39 is 23.5 Å². The number of aromatic nitrogens is 2. The van der Waals surface area contributed by atoms with Crippen molar-refractivity contribution < 1.29 is 37.8 Å². The van der Waals surface area contributed by atoms with Crippen LogP contribution in [0.1, 0.15) is 40.2 Å². The van der Waals surface area contributed by atoms with E-state index in [2.05, 4.69) is 15.6 Å². The maximum Gasteiger partial charge on any atom is 0.305 e. The highest BCUT2D eigenvalue weighted by molar-refractivity contribution is 6.34. The summed E-state index contributed by atoms with van der Waals surface area (Å²) in [6.45, 7) is 0.698. The summed E-state index contributed by atoms with van der Waals surface area (Å²) in [5.74, 6) is -5.15. The first-order valence-electron chi connectivity index (χ1n) is 13.0. The van der Waals surface area contributed by atoms with Crippen molar-refractivity contribution >= 4 is 41.0 Å². The topological polar surface area (TPSA) is 143 Å². The molecule has 0 aliphatic carbocycles. The molecule has 2 aromatic carbocycles. The number of methoxy groups -OCH3 is 1. The summed E-state index contributed by atoms with van der Waals surface area (Å²) in [5, 5.41) is 14.0. The standard InChI is InChI=1S/C28H28ClF2N5O6/c1-35-20(18-5-6-21(42-2)24(31)23(18)30)14-33-25(35)27(40)34-16-3-4-17(19(29)13-16)28(41)36-11-8-15(9-12-36)26(39)32-10-7-22(37)38/h3-6,13-15H,7-12H2,1-2H3,(H,32,39)(H,34,40)(H,37,38). The molecule has 0 saturated carbocycles. The number of amides is 3. The monoisotopic (exact) mass is 603 g/mol. The average molecular weight is 604 g/mol. The van der Waals surface area contributed by atoms with Gasteiger partial charge in [-0.2, -0.15) is 4.39 Å². The Morgan fingerprint density at radius 3 is 2.48 bits per heavy atom. The minimum atomic E-state index is -1.16. The maximum absolute atomic E-state index is 14.6. The summed E-state index contributed by atoms with van der Waals surface area (Å²) in [6, 6.07) is 6.99.